The Morgan fingerprint density at radius 3 is 2.94 bits per heavy atom. The third kappa shape index (κ3) is 2.61. The molecule has 2 rings (SSSR count). The molecule has 0 radical (unpaired) electrons. The molecule has 1 amide bonds. The monoisotopic (exact) mass is 250 g/mol. The van der Waals surface area contributed by atoms with Gasteiger partial charge in [-0.25, -0.2) is 0 Å². The second-order valence-corrected chi connectivity index (χ2v) is 4.33. The molecule has 17 heavy (non-hydrogen) atoms. The first-order valence-electron chi connectivity index (χ1n) is 5.57. The van der Waals surface area contributed by atoms with Gasteiger partial charge in [0, 0.05) is 30.7 Å². The van der Waals surface area contributed by atoms with Crippen molar-refractivity contribution in [2.45, 2.75) is 6.42 Å². The standard InChI is InChI=1S/C13H15ClN2O/c1-16(13(17)8-14)7-6-10-9-15-12-5-3-2-4-11(10)12/h2-5,9,15H,6-8H2,1H3. The number of fused-ring (bicyclic) bond motifs is 1. The van der Waals surface area contributed by atoms with Crippen molar-refractivity contribution in [3.05, 3.63) is 36.0 Å². The van der Waals surface area contributed by atoms with Gasteiger partial charge in [0.05, 0.1) is 0 Å². The highest BCUT2D eigenvalue weighted by molar-refractivity contribution is 6.27. The van der Waals surface area contributed by atoms with Crippen molar-refractivity contribution in [1.82, 2.24) is 9.88 Å². The van der Waals surface area contributed by atoms with E-state index >= 15 is 0 Å². The van der Waals surface area contributed by atoms with Crippen molar-refractivity contribution in [1.29, 1.82) is 0 Å². The third-order valence-electron chi connectivity index (χ3n) is 2.93. The van der Waals surface area contributed by atoms with E-state index in [1.54, 1.807) is 11.9 Å². The van der Waals surface area contributed by atoms with Gasteiger partial charge in [0.15, 0.2) is 0 Å². The highest BCUT2D eigenvalue weighted by Gasteiger charge is 2.08. The maximum Gasteiger partial charge on any atom is 0.237 e. The predicted molar refractivity (Wildman–Crippen MR) is 70.4 cm³/mol. The lowest BCUT2D eigenvalue weighted by Crippen LogP contribution is -2.29. The number of aromatic nitrogens is 1. The summed E-state index contributed by atoms with van der Waals surface area (Å²) in [7, 11) is 1.78. The van der Waals surface area contributed by atoms with E-state index in [1.165, 1.54) is 10.9 Å². The number of likely N-dealkylation sites (N-methyl/N-ethyl adjacent to an activating group) is 1. The molecule has 0 bridgehead atoms. The molecule has 0 atom stereocenters. The first-order chi connectivity index (χ1) is 8.22. The number of carbonyl (C=O) groups is 1. The highest BCUT2D eigenvalue weighted by atomic mass is 35.5. The number of carbonyl (C=O) groups excluding carboxylic acids is 1. The number of benzene rings is 1. The van der Waals surface area contributed by atoms with E-state index in [4.69, 9.17) is 11.6 Å². The number of halogens is 1. The number of alkyl halides is 1. The Bertz CT molecular complexity index is 521. The van der Waals surface area contributed by atoms with Crippen LogP contribution in [0.5, 0.6) is 0 Å². The number of rotatable bonds is 4. The summed E-state index contributed by atoms with van der Waals surface area (Å²) in [5.41, 5.74) is 2.36. The molecular weight excluding hydrogens is 236 g/mol. The van der Waals surface area contributed by atoms with Crippen LogP contribution in [0, 0.1) is 0 Å². The molecule has 1 heterocycles. The lowest BCUT2D eigenvalue weighted by Gasteiger charge is -2.15. The number of H-pyrrole nitrogens is 1. The van der Waals surface area contributed by atoms with E-state index < -0.39 is 0 Å². The molecule has 0 fully saturated rings. The van der Waals surface area contributed by atoms with Gasteiger partial charge in [0.2, 0.25) is 5.91 Å². The van der Waals surface area contributed by atoms with Crippen LogP contribution in [0.25, 0.3) is 10.9 Å². The van der Waals surface area contributed by atoms with Crippen LogP contribution >= 0.6 is 11.6 Å². The number of nitrogens with zero attached hydrogens (tertiary/aromatic N) is 1. The average Bonchev–Trinajstić information content (AvgIpc) is 2.78. The van der Waals surface area contributed by atoms with E-state index in [0.717, 1.165) is 11.9 Å². The van der Waals surface area contributed by atoms with Crippen molar-refractivity contribution in [2.24, 2.45) is 0 Å². The molecule has 0 spiro atoms. The Balaban J connectivity index is 2.07. The molecule has 1 aromatic carbocycles. The molecule has 1 N–H and O–H groups in total. The van der Waals surface area contributed by atoms with Crippen LogP contribution in [-0.4, -0.2) is 35.3 Å². The molecule has 1 aromatic heterocycles. The Labute approximate surface area is 105 Å². The van der Waals surface area contributed by atoms with Crippen molar-refractivity contribution in [3.63, 3.8) is 0 Å². The molecule has 0 aliphatic heterocycles. The van der Waals surface area contributed by atoms with Gasteiger partial charge in [-0.05, 0) is 18.1 Å². The highest BCUT2D eigenvalue weighted by Crippen LogP contribution is 2.18. The van der Waals surface area contributed by atoms with Gasteiger partial charge in [-0.3, -0.25) is 4.79 Å². The van der Waals surface area contributed by atoms with Crippen LogP contribution in [-0.2, 0) is 11.2 Å². The van der Waals surface area contributed by atoms with E-state index in [2.05, 4.69) is 11.1 Å². The normalized spacial score (nSPS) is 10.7. The second-order valence-electron chi connectivity index (χ2n) is 4.06. The number of hydrogen-bond acceptors (Lipinski definition) is 1. The van der Waals surface area contributed by atoms with Gasteiger partial charge >= 0.3 is 0 Å². The topological polar surface area (TPSA) is 36.1 Å². The zero-order valence-corrected chi connectivity index (χ0v) is 10.5. The van der Waals surface area contributed by atoms with Crippen LogP contribution < -0.4 is 0 Å². The summed E-state index contributed by atoms with van der Waals surface area (Å²) in [4.78, 5) is 16.2. The van der Waals surface area contributed by atoms with Crippen molar-refractivity contribution in [3.8, 4) is 0 Å². The number of para-hydroxylation sites is 1. The Kier molecular flexibility index (Phi) is 3.69. The van der Waals surface area contributed by atoms with E-state index in [-0.39, 0.29) is 11.8 Å². The molecule has 0 aliphatic carbocycles. The average molecular weight is 251 g/mol. The van der Waals surface area contributed by atoms with Crippen LogP contribution in [0.2, 0.25) is 0 Å². The molecule has 3 nitrogen and oxygen atoms in total. The SMILES string of the molecule is CN(CCc1c[nH]c2ccccc12)C(=O)CCl. The van der Waals surface area contributed by atoms with Crippen LogP contribution in [0.4, 0.5) is 0 Å². The molecule has 2 aromatic rings. The Hall–Kier alpha value is -1.48. The van der Waals surface area contributed by atoms with Gasteiger partial charge < -0.3 is 9.88 Å². The lowest BCUT2D eigenvalue weighted by atomic mass is 10.1. The second kappa shape index (κ2) is 5.23. The van der Waals surface area contributed by atoms with Crippen LogP contribution in [0.3, 0.4) is 0 Å². The zero-order chi connectivity index (χ0) is 12.3. The molecule has 0 unspecified atom stereocenters. The van der Waals surface area contributed by atoms with Crippen molar-refractivity contribution >= 4 is 28.4 Å². The number of amides is 1. The molecule has 0 saturated carbocycles. The molecule has 90 valence electrons. The third-order valence-corrected chi connectivity index (χ3v) is 3.16. The zero-order valence-electron chi connectivity index (χ0n) is 9.74. The first-order valence-corrected chi connectivity index (χ1v) is 6.10. The first kappa shape index (κ1) is 12.0. The molecule has 0 saturated heterocycles. The minimum Gasteiger partial charge on any atom is -0.361 e. The van der Waals surface area contributed by atoms with Gasteiger partial charge in [-0.1, -0.05) is 18.2 Å². The molecule has 4 heteroatoms. The maximum atomic E-state index is 11.3. The Morgan fingerprint density at radius 2 is 2.18 bits per heavy atom. The van der Waals surface area contributed by atoms with Crippen molar-refractivity contribution in [2.75, 3.05) is 19.5 Å². The van der Waals surface area contributed by atoms with E-state index in [9.17, 15) is 4.79 Å². The fraction of sp³-hybridized carbons (Fsp3) is 0.308. The van der Waals surface area contributed by atoms with Gasteiger partial charge in [-0.15, -0.1) is 11.6 Å². The molecular formula is C13H15ClN2O. The minimum atomic E-state index is -0.0356. The number of hydrogen-bond donors (Lipinski definition) is 1. The van der Waals surface area contributed by atoms with Gasteiger partial charge in [0.25, 0.3) is 0 Å². The summed E-state index contributed by atoms with van der Waals surface area (Å²) in [6.07, 6.45) is 2.84. The lowest BCUT2D eigenvalue weighted by molar-refractivity contribution is -0.127. The van der Waals surface area contributed by atoms with E-state index in [1.807, 2.05) is 24.4 Å². The summed E-state index contributed by atoms with van der Waals surface area (Å²) in [6.45, 7) is 0.688. The Morgan fingerprint density at radius 1 is 1.41 bits per heavy atom. The number of aromatic amines is 1. The summed E-state index contributed by atoms with van der Waals surface area (Å²) in [5.74, 6) is 0.0104. The van der Waals surface area contributed by atoms with Crippen LogP contribution in [0.1, 0.15) is 5.56 Å². The summed E-state index contributed by atoms with van der Waals surface area (Å²) >= 11 is 5.51. The summed E-state index contributed by atoms with van der Waals surface area (Å²) in [5, 5.41) is 1.22. The minimum absolute atomic E-state index is 0.0356. The fourth-order valence-electron chi connectivity index (χ4n) is 1.85. The molecule has 0 aliphatic rings. The maximum absolute atomic E-state index is 11.3. The summed E-state index contributed by atoms with van der Waals surface area (Å²) < 4.78 is 0. The predicted octanol–water partition coefficient (Wildman–Crippen LogP) is 2.41. The van der Waals surface area contributed by atoms with Crippen LogP contribution in [0.15, 0.2) is 30.5 Å². The van der Waals surface area contributed by atoms with Gasteiger partial charge in [0.1, 0.15) is 5.88 Å². The largest absolute Gasteiger partial charge is 0.361 e. The van der Waals surface area contributed by atoms with Gasteiger partial charge in [-0.2, -0.15) is 0 Å². The van der Waals surface area contributed by atoms with E-state index in [0.29, 0.717) is 6.54 Å². The van der Waals surface area contributed by atoms with Crippen molar-refractivity contribution < 1.29 is 4.79 Å². The quantitative estimate of drug-likeness (QED) is 0.832. The summed E-state index contributed by atoms with van der Waals surface area (Å²) in [6, 6.07) is 8.16. The number of nitrogens with one attached hydrogen (secondary N) is 1. The smallest absolute Gasteiger partial charge is 0.237 e. The fourth-order valence-corrected chi connectivity index (χ4v) is 2.06.